The molecule has 4 aliphatic carbocycles. The second-order valence-electron chi connectivity index (χ2n) is 12.9. The number of hydrogen-bond acceptors (Lipinski definition) is 8. The Bertz CT molecular complexity index is 1520. The zero-order valence-electron chi connectivity index (χ0n) is 23.5. The van der Waals surface area contributed by atoms with Crippen molar-refractivity contribution < 1.29 is 41.7 Å². The van der Waals surface area contributed by atoms with Crippen molar-refractivity contribution in [3.05, 3.63) is 48.1 Å². The third-order valence-electron chi connectivity index (χ3n) is 10.7. The number of aromatic nitrogens is 1. The van der Waals surface area contributed by atoms with E-state index in [0.717, 1.165) is 10.2 Å². The number of rotatable bonds is 5. The zero-order valence-corrected chi connectivity index (χ0v) is 25.1. The third kappa shape index (κ3) is 4.41. The molecule has 0 bridgehead atoms. The quantitative estimate of drug-likeness (QED) is 0.308. The number of ketones is 2. The third-order valence-corrected chi connectivity index (χ3v) is 12.9. The first-order chi connectivity index (χ1) is 20.2. The van der Waals surface area contributed by atoms with Crippen molar-refractivity contribution in [1.82, 2.24) is 4.98 Å². The predicted octanol–water partition coefficient (Wildman–Crippen LogP) is 6.23. The van der Waals surface area contributed by atoms with E-state index in [2.05, 4.69) is 4.98 Å². The Balaban J connectivity index is 1.24. The summed E-state index contributed by atoms with van der Waals surface area (Å²) in [7, 11) is 0. The lowest BCUT2D eigenvalue weighted by molar-refractivity contribution is -0.227. The number of para-hydroxylation sites is 1. The first kappa shape index (κ1) is 29.6. The van der Waals surface area contributed by atoms with Crippen LogP contribution in [0.3, 0.4) is 0 Å². The predicted molar refractivity (Wildman–Crippen MR) is 152 cm³/mol. The number of allylic oxidation sites excluding steroid dienone is 4. The van der Waals surface area contributed by atoms with E-state index in [1.54, 1.807) is 13.0 Å². The number of alkyl halides is 4. The molecule has 1 aromatic carbocycles. The van der Waals surface area contributed by atoms with Gasteiger partial charge < -0.3 is 14.6 Å². The number of halogens is 4. The lowest BCUT2D eigenvalue weighted by atomic mass is 9.46. The van der Waals surface area contributed by atoms with Crippen molar-refractivity contribution in [2.24, 2.45) is 28.6 Å². The molecule has 43 heavy (non-hydrogen) atoms. The molecule has 6 unspecified atom stereocenters. The minimum absolute atomic E-state index is 0.0357. The summed E-state index contributed by atoms with van der Waals surface area (Å²) in [5.41, 5.74) is -2.63. The number of carbonyl (C=O) groups excluding carboxylic acids is 2. The molecule has 1 N–H and O–H groups in total. The Hall–Kier alpha value is -2.12. The highest BCUT2D eigenvalue weighted by molar-refractivity contribution is 8.01. The van der Waals surface area contributed by atoms with Crippen molar-refractivity contribution in [2.45, 2.75) is 80.3 Å². The van der Waals surface area contributed by atoms with E-state index < -0.39 is 71.3 Å². The number of carbonyl (C=O) groups is 2. The van der Waals surface area contributed by atoms with E-state index in [4.69, 9.17) is 9.47 Å². The molecular weight excluding hydrogens is 606 g/mol. The molecule has 0 spiro atoms. The fourth-order valence-electron chi connectivity index (χ4n) is 9.08. The van der Waals surface area contributed by atoms with E-state index >= 15 is 4.39 Å². The fraction of sp³-hybridized carbons (Fsp3) is 0.581. The van der Waals surface area contributed by atoms with Crippen LogP contribution in [-0.2, 0) is 19.1 Å². The minimum atomic E-state index is -4.58. The molecule has 1 saturated heterocycles. The molecule has 6 nitrogen and oxygen atoms in total. The monoisotopic (exact) mass is 637 g/mol. The van der Waals surface area contributed by atoms with Gasteiger partial charge in [-0.15, -0.1) is 11.3 Å². The second kappa shape index (κ2) is 9.94. The van der Waals surface area contributed by atoms with Gasteiger partial charge in [0.2, 0.25) is 0 Å². The van der Waals surface area contributed by atoms with Crippen molar-refractivity contribution in [2.75, 3.05) is 5.75 Å². The number of thioether (sulfide) groups is 1. The summed E-state index contributed by atoms with van der Waals surface area (Å²) in [6, 6.07) is 7.55. The average Bonchev–Trinajstić information content (AvgIpc) is 3.57. The Labute approximate surface area is 253 Å². The molecule has 4 fully saturated rings. The summed E-state index contributed by atoms with van der Waals surface area (Å²) in [6.45, 7) is 3.62. The van der Waals surface area contributed by atoms with Gasteiger partial charge in [0.15, 0.2) is 27.8 Å². The number of aliphatic hydroxyl groups is 1. The molecule has 230 valence electrons. The smallest absolute Gasteiger partial charge is 0.393 e. The average molecular weight is 638 g/mol. The Morgan fingerprint density at radius 2 is 2.00 bits per heavy atom. The molecule has 2 heterocycles. The van der Waals surface area contributed by atoms with Crippen LogP contribution in [0.1, 0.15) is 39.5 Å². The molecule has 7 rings (SSSR count). The number of benzene rings is 1. The Morgan fingerprint density at radius 1 is 1.23 bits per heavy atom. The minimum Gasteiger partial charge on any atom is -0.393 e. The maximum absolute atomic E-state index is 15.8. The van der Waals surface area contributed by atoms with E-state index in [1.165, 1.54) is 35.3 Å². The van der Waals surface area contributed by atoms with E-state index in [0.29, 0.717) is 9.91 Å². The van der Waals surface area contributed by atoms with Gasteiger partial charge in [-0.3, -0.25) is 9.59 Å². The van der Waals surface area contributed by atoms with Crippen LogP contribution in [0.2, 0.25) is 0 Å². The molecule has 5 aliphatic rings. The lowest BCUT2D eigenvalue weighted by Crippen LogP contribution is -2.64. The molecule has 3 saturated carbocycles. The van der Waals surface area contributed by atoms with Crippen molar-refractivity contribution in [3.63, 3.8) is 0 Å². The van der Waals surface area contributed by atoms with Gasteiger partial charge in [0.25, 0.3) is 0 Å². The molecule has 2 aromatic rings. The highest BCUT2D eigenvalue weighted by Gasteiger charge is 2.76. The fourth-order valence-corrected chi connectivity index (χ4v) is 11.1. The largest absolute Gasteiger partial charge is 0.393 e. The van der Waals surface area contributed by atoms with Crippen LogP contribution < -0.4 is 0 Å². The molecule has 1 aliphatic heterocycles. The van der Waals surface area contributed by atoms with Crippen LogP contribution in [-0.4, -0.2) is 63.9 Å². The number of Topliss-reactive ketones (excluding diaryl/α,β-unsaturated/α-hetero) is 1. The number of hydrogen-bond donors (Lipinski definition) is 1. The number of nitrogens with zero attached hydrogens (tertiary/aromatic N) is 1. The SMILES string of the molecule is CC12C=CC(=O)C=C1[C@@H](F)CC1C2[C@@H](O)CC2(C)C1C[C@H]1OC(CC(F)(F)F)O[C@]12C(=O)CSc1nc2ccccc2s1. The molecule has 0 radical (unpaired) electrons. The van der Waals surface area contributed by atoms with Crippen LogP contribution in [0, 0.1) is 28.6 Å². The first-order valence-corrected chi connectivity index (χ1v) is 16.2. The summed E-state index contributed by atoms with van der Waals surface area (Å²) in [4.78, 5) is 31.0. The molecule has 12 heteroatoms. The van der Waals surface area contributed by atoms with E-state index in [-0.39, 0.29) is 36.7 Å². The number of aliphatic hydroxyl groups excluding tert-OH is 1. The van der Waals surface area contributed by atoms with Crippen LogP contribution >= 0.6 is 23.1 Å². The van der Waals surface area contributed by atoms with Crippen LogP contribution in [0.25, 0.3) is 10.2 Å². The van der Waals surface area contributed by atoms with E-state index in [9.17, 15) is 27.9 Å². The first-order valence-electron chi connectivity index (χ1n) is 14.4. The van der Waals surface area contributed by atoms with Crippen molar-refractivity contribution in [1.29, 1.82) is 0 Å². The molecule has 10 atom stereocenters. The van der Waals surface area contributed by atoms with Gasteiger partial charge in [-0.1, -0.05) is 43.8 Å². The number of ether oxygens (including phenoxy) is 2. The van der Waals surface area contributed by atoms with Gasteiger partial charge in [-0.05, 0) is 61.0 Å². The highest BCUT2D eigenvalue weighted by atomic mass is 32.2. The van der Waals surface area contributed by atoms with Gasteiger partial charge in [-0.25, -0.2) is 9.37 Å². The Morgan fingerprint density at radius 3 is 2.74 bits per heavy atom. The summed E-state index contributed by atoms with van der Waals surface area (Å²) < 4.78 is 69.9. The van der Waals surface area contributed by atoms with Gasteiger partial charge in [-0.2, -0.15) is 13.2 Å². The normalized spacial score (nSPS) is 41.9. The van der Waals surface area contributed by atoms with E-state index in [1.807, 2.05) is 31.2 Å². The zero-order chi connectivity index (χ0) is 30.5. The maximum atomic E-state index is 15.8. The van der Waals surface area contributed by atoms with Crippen molar-refractivity contribution in [3.8, 4) is 0 Å². The lowest BCUT2D eigenvalue weighted by Gasteiger charge is -2.60. The molecule has 1 aromatic heterocycles. The number of fused-ring (bicyclic) bond motifs is 8. The van der Waals surface area contributed by atoms with Crippen LogP contribution in [0.4, 0.5) is 17.6 Å². The summed E-state index contributed by atoms with van der Waals surface area (Å²) in [6.07, 6.45) is -6.31. The molecule has 0 amide bonds. The van der Waals surface area contributed by atoms with Crippen LogP contribution in [0.15, 0.2) is 52.4 Å². The standard InChI is InChI=1S/C31H31F4NO5S2/c1-28-8-7-15(37)9-18(28)19(32)10-16-17-11-24-31(29(17,2)12-21(38)26(16)28,41-25(40-24)13-30(33,34)35)23(39)14-42-27-36-20-5-3-4-6-22(20)43-27/h3-9,16-17,19,21,24-26,38H,10-14H2,1-2H3/t16?,17?,19-,21-,24+,25?,26?,28?,29?,31+/m0/s1. The second-order valence-corrected chi connectivity index (χ2v) is 15.2. The summed E-state index contributed by atoms with van der Waals surface area (Å²) >= 11 is 2.63. The highest BCUT2D eigenvalue weighted by Crippen LogP contribution is 2.70. The van der Waals surface area contributed by atoms with Gasteiger partial charge in [0, 0.05) is 16.7 Å². The molecular formula is C31H31F4NO5S2. The van der Waals surface area contributed by atoms with Crippen molar-refractivity contribution >= 4 is 44.9 Å². The number of thiazole rings is 1. The summed E-state index contributed by atoms with van der Waals surface area (Å²) in [5.74, 6) is -2.04. The van der Waals surface area contributed by atoms with Gasteiger partial charge >= 0.3 is 6.18 Å². The summed E-state index contributed by atoms with van der Waals surface area (Å²) in [5, 5.41) is 11.8. The topological polar surface area (TPSA) is 85.7 Å². The van der Waals surface area contributed by atoms with Gasteiger partial charge in [0.05, 0.1) is 34.6 Å². The Kier molecular flexibility index (Phi) is 6.84. The maximum Gasteiger partial charge on any atom is 0.393 e. The van der Waals surface area contributed by atoms with Gasteiger partial charge in [0.1, 0.15) is 6.17 Å². The van der Waals surface area contributed by atoms with Crippen LogP contribution in [0.5, 0.6) is 0 Å².